The number of thioether (sulfide) groups is 3. The van der Waals surface area contributed by atoms with Gasteiger partial charge in [0, 0.05) is 108 Å². The molecule has 0 aromatic carbocycles. The van der Waals surface area contributed by atoms with Crippen molar-refractivity contribution in [2.45, 2.75) is 304 Å². The van der Waals surface area contributed by atoms with Crippen molar-refractivity contribution < 1.29 is 42.2 Å². The second-order valence-electron chi connectivity index (χ2n) is 25.1. The van der Waals surface area contributed by atoms with E-state index in [9.17, 15) is 14.4 Å². The van der Waals surface area contributed by atoms with Gasteiger partial charge in [-0.1, -0.05) is 76.8 Å². The Balaban J connectivity index is 6.90. The Morgan fingerprint density at radius 1 is 0.395 bits per heavy atom. The Morgan fingerprint density at radius 2 is 0.654 bits per heavy atom. The van der Waals surface area contributed by atoms with Gasteiger partial charge >= 0.3 is 0 Å². The predicted molar refractivity (Wildman–Crippen MR) is 356 cm³/mol. The molecule has 0 N–H and O–H groups in total. The number of ether oxygens (including phenoxy) is 3. The van der Waals surface area contributed by atoms with E-state index in [0.29, 0.717) is 26.2 Å². The molecule has 15 nitrogen and oxygen atoms in total. The van der Waals surface area contributed by atoms with Crippen molar-refractivity contribution in [3.63, 3.8) is 0 Å². The first kappa shape index (κ1) is 81.9. The summed E-state index contributed by atoms with van der Waals surface area (Å²) in [6.07, 6.45) is 6.75. The SMILES string of the molecule is CCC(=O)SCCCOCOP(N(C(C)C)C(C)C)N(C(C)C)C(C)CCC(C)N(C(C)C)P(OCOCCCSC(=O)C(C)C)N(C(C)C)C(C)CCC(C)N(C(C)C)P(OCOCCCSC(=O)C(C)(C)C)N(C(C)C)C(C)C. The van der Waals surface area contributed by atoms with E-state index in [1.807, 2.05) is 41.5 Å². The molecule has 0 spiro atoms. The van der Waals surface area contributed by atoms with Gasteiger partial charge in [-0.25, -0.2) is 28.0 Å². The Morgan fingerprint density at radius 3 is 0.901 bits per heavy atom. The molecule has 482 valence electrons. The lowest BCUT2D eigenvalue weighted by atomic mass is 10.00. The molecule has 0 aromatic heterocycles. The second kappa shape index (κ2) is 44.3. The largest absolute Gasteiger partial charge is 0.355 e. The van der Waals surface area contributed by atoms with Crippen molar-refractivity contribution in [3.05, 3.63) is 0 Å². The minimum Gasteiger partial charge on any atom is -0.355 e. The van der Waals surface area contributed by atoms with Gasteiger partial charge in [-0.15, -0.1) is 0 Å². The van der Waals surface area contributed by atoms with Gasteiger partial charge in [-0.05, 0) is 183 Å². The Bertz CT molecular complexity index is 1640. The summed E-state index contributed by atoms with van der Waals surface area (Å²) in [5.41, 5.74) is -0.351. The summed E-state index contributed by atoms with van der Waals surface area (Å²) in [7, 11) is -3.67. The van der Waals surface area contributed by atoms with Gasteiger partial charge in [0.1, 0.15) is 0 Å². The first-order valence-electron chi connectivity index (χ1n) is 31.0. The van der Waals surface area contributed by atoms with Gasteiger partial charge in [0.25, 0.3) is 0 Å². The van der Waals surface area contributed by atoms with E-state index in [2.05, 4.69) is 166 Å². The molecule has 0 rings (SSSR count). The highest BCUT2D eigenvalue weighted by molar-refractivity contribution is 8.14. The molecule has 7 atom stereocenters. The van der Waals surface area contributed by atoms with E-state index in [0.717, 1.165) is 62.2 Å². The maximum Gasteiger partial charge on any atom is 0.194 e. The molecule has 0 bridgehead atoms. The van der Waals surface area contributed by atoms with Crippen LogP contribution in [0.3, 0.4) is 0 Å². The number of hydrogen-bond acceptors (Lipinski definition) is 18. The predicted octanol–water partition coefficient (Wildman–Crippen LogP) is 16.9. The molecule has 0 saturated heterocycles. The summed E-state index contributed by atoms with van der Waals surface area (Å²) in [5, 5.41) is 0.649. The molecular weight excluding hydrogens is 1140 g/mol. The molecule has 0 radical (unpaired) electrons. The number of hydrogen-bond donors (Lipinski definition) is 0. The fourth-order valence-electron chi connectivity index (χ4n) is 9.66. The first-order chi connectivity index (χ1) is 37.8. The Hall–Kier alpha value is 0.870. The van der Waals surface area contributed by atoms with Crippen molar-refractivity contribution in [2.75, 3.05) is 57.5 Å². The van der Waals surface area contributed by atoms with Gasteiger partial charge in [-0.2, -0.15) is 0 Å². The molecule has 81 heavy (non-hydrogen) atoms. The molecule has 0 fully saturated rings. The number of carbonyl (C=O) groups excluding carboxylic acids is 3. The van der Waals surface area contributed by atoms with Crippen LogP contribution in [0, 0.1) is 11.3 Å². The monoisotopic (exact) mass is 1260 g/mol. The molecule has 0 aromatic rings. The van der Waals surface area contributed by atoms with Crippen molar-refractivity contribution in [2.24, 2.45) is 11.3 Å². The maximum atomic E-state index is 12.5. The molecule has 7 unspecified atom stereocenters. The highest BCUT2D eigenvalue weighted by atomic mass is 32.2. The zero-order valence-electron chi connectivity index (χ0n) is 56.5. The average molecular weight is 1260 g/mol. The zero-order valence-corrected chi connectivity index (χ0v) is 61.6. The van der Waals surface area contributed by atoms with E-state index in [1.165, 1.54) is 35.3 Å². The summed E-state index contributed by atoms with van der Waals surface area (Å²) in [4.78, 5) is 36.7. The third kappa shape index (κ3) is 32.3. The summed E-state index contributed by atoms with van der Waals surface area (Å²) in [5.74, 6) is 2.24. The van der Waals surface area contributed by atoms with Crippen molar-refractivity contribution in [3.8, 4) is 0 Å². The van der Waals surface area contributed by atoms with Crippen LogP contribution in [0.25, 0.3) is 0 Å². The normalized spacial score (nSPS) is 15.8. The van der Waals surface area contributed by atoms with E-state index in [-0.39, 0.29) is 120 Å². The van der Waals surface area contributed by atoms with Gasteiger partial charge in [-0.3, -0.25) is 14.4 Å². The molecule has 0 aliphatic rings. The molecular formula is C60H125N6O9P3S3. The molecule has 21 heteroatoms. The molecule has 0 saturated carbocycles. The lowest BCUT2D eigenvalue weighted by Gasteiger charge is -2.48. The zero-order chi connectivity index (χ0) is 62.3. The molecule has 0 amide bonds. The minimum absolute atomic E-state index is 0.0156. The van der Waals surface area contributed by atoms with Crippen LogP contribution in [0.2, 0.25) is 0 Å². The smallest absolute Gasteiger partial charge is 0.194 e. The highest BCUT2D eigenvalue weighted by Crippen LogP contribution is 2.55. The van der Waals surface area contributed by atoms with Gasteiger partial charge in [0.05, 0.1) is 19.8 Å². The summed E-state index contributed by atoms with van der Waals surface area (Å²) >= 11 is 4.18. The summed E-state index contributed by atoms with van der Waals surface area (Å²) in [6.45, 7) is 59.8. The summed E-state index contributed by atoms with van der Waals surface area (Å²) < 4.78 is 54.8. The second-order valence-corrected chi connectivity index (χ2v) is 33.5. The van der Waals surface area contributed by atoms with Gasteiger partial charge in [0.2, 0.25) is 0 Å². The average Bonchev–Trinajstić information content (AvgIpc) is 3.35. The van der Waals surface area contributed by atoms with Crippen molar-refractivity contribution in [1.29, 1.82) is 0 Å². The van der Waals surface area contributed by atoms with E-state index < -0.39 is 25.3 Å². The minimum atomic E-state index is -1.31. The van der Waals surface area contributed by atoms with E-state index in [1.54, 1.807) is 0 Å². The van der Waals surface area contributed by atoms with Crippen LogP contribution in [-0.4, -0.2) is 173 Å². The highest BCUT2D eigenvalue weighted by Gasteiger charge is 2.41. The van der Waals surface area contributed by atoms with Crippen LogP contribution in [0.15, 0.2) is 0 Å². The molecule has 0 aliphatic carbocycles. The van der Waals surface area contributed by atoms with Crippen molar-refractivity contribution in [1.82, 2.24) is 28.0 Å². The van der Waals surface area contributed by atoms with Crippen LogP contribution in [0.4, 0.5) is 0 Å². The fraction of sp³-hybridized carbons (Fsp3) is 0.950. The summed E-state index contributed by atoms with van der Waals surface area (Å²) in [6, 6.07) is 2.66. The number of nitrogens with zero attached hydrogens (tertiary/aromatic N) is 6. The van der Waals surface area contributed by atoms with E-state index >= 15 is 0 Å². The van der Waals surface area contributed by atoms with Gasteiger partial charge in [0.15, 0.2) is 61.1 Å². The lowest BCUT2D eigenvalue weighted by Crippen LogP contribution is -2.47. The maximum absolute atomic E-state index is 12.5. The van der Waals surface area contributed by atoms with Crippen molar-refractivity contribution >= 4 is 76.0 Å². The molecule has 0 heterocycles. The lowest BCUT2D eigenvalue weighted by molar-refractivity contribution is -0.117. The van der Waals surface area contributed by atoms with Gasteiger partial charge < -0.3 is 27.8 Å². The number of carbonyl (C=O) groups is 3. The molecule has 0 aliphatic heterocycles. The van der Waals surface area contributed by atoms with Crippen LogP contribution in [0.1, 0.15) is 231 Å². The van der Waals surface area contributed by atoms with Crippen LogP contribution in [-0.2, 0) is 42.2 Å². The van der Waals surface area contributed by atoms with E-state index in [4.69, 9.17) is 27.8 Å². The fourth-order valence-corrected chi connectivity index (χ4v) is 19.0. The topological polar surface area (TPSA) is 126 Å². The van der Waals surface area contributed by atoms with Crippen LogP contribution >= 0.6 is 60.6 Å². The third-order valence-corrected chi connectivity index (χ3v) is 25.8. The Kier molecular flexibility index (Phi) is 44.8. The first-order valence-corrected chi connectivity index (χ1v) is 37.4. The Labute approximate surface area is 515 Å². The third-order valence-electron chi connectivity index (χ3n) is 13.4. The van der Waals surface area contributed by atoms with Crippen LogP contribution in [0.5, 0.6) is 0 Å². The van der Waals surface area contributed by atoms with Crippen LogP contribution < -0.4 is 0 Å². The number of rotatable bonds is 47. The quantitative estimate of drug-likeness (QED) is 0.0325. The standard InChI is InChI=1S/C60H125N6O9P3S3/c1-27-57(67)79-38-28-35-70-41-73-76(61(45(4)5)46(6)7)63(49(12)13)53(20)31-33-55(22)65(51(16)17)78(75-43-71-36-29-39-80-58(68)44(2)3)66(52(18)19)56(23)34-32-54(21)64(50(14)15)77(62(47(8)9)48(10)11)74-42-72-37-30-40-81-59(69)60(24,25)26/h44-56H,27-43H2,1-26H3.